The molecule has 126 valence electrons. The highest BCUT2D eigenvalue weighted by atomic mass is 32.2. The summed E-state index contributed by atoms with van der Waals surface area (Å²) in [6, 6.07) is 3.31. The van der Waals surface area contributed by atoms with Crippen molar-refractivity contribution in [2.24, 2.45) is 0 Å². The van der Waals surface area contributed by atoms with Gasteiger partial charge in [0.15, 0.2) is 10.9 Å². The van der Waals surface area contributed by atoms with Gasteiger partial charge in [-0.3, -0.25) is 9.59 Å². The van der Waals surface area contributed by atoms with E-state index in [4.69, 9.17) is 4.42 Å². The second kappa shape index (κ2) is 5.63. The number of aryl methyl sites for hydroxylation is 1. The highest BCUT2D eigenvalue weighted by Crippen LogP contribution is 2.47. The highest BCUT2D eigenvalue weighted by molar-refractivity contribution is 8.01. The van der Waals surface area contributed by atoms with E-state index in [9.17, 15) is 9.59 Å². The Bertz CT molecular complexity index is 815. The topological polar surface area (TPSA) is 75.4 Å². The highest BCUT2D eigenvalue weighted by Gasteiger charge is 2.52. The SMILES string of the molecule is Cc1ccc(-c2csc(NC(=O)[C@H]3CS[C@]4(C)CCC(=O)N34)n2)o1. The number of fused-ring (bicyclic) bond motifs is 1. The normalized spacial score (nSPS) is 26.0. The summed E-state index contributed by atoms with van der Waals surface area (Å²) >= 11 is 3.04. The zero-order chi connectivity index (χ0) is 16.9. The minimum Gasteiger partial charge on any atom is -0.460 e. The van der Waals surface area contributed by atoms with Gasteiger partial charge in [0.1, 0.15) is 17.5 Å². The lowest BCUT2D eigenvalue weighted by molar-refractivity contribution is -0.135. The van der Waals surface area contributed by atoms with E-state index >= 15 is 0 Å². The van der Waals surface area contributed by atoms with E-state index in [-0.39, 0.29) is 16.7 Å². The molecule has 2 fully saturated rings. The number of anilines is 1. The summed E-state index contributed by atoms with van der Waals surface area (Å²) in [7, 11) is 0. The molecule has 0 spiro atoms. The first-order valence-corrected chi connectivity index (χ1v) is 9.62. The van der Waals surface area contributed by atoms with Crippen molar-refractivity contribution in [1.82, 2.24) is 9.88 Å². The summed E-state index contributed by atoms with van der Waals surface area (Å²) in [4.78, 5) is 30.7. The molecule has 0 aromatic carbocycles. The standard InChI is InChI=1S/C16H17N3O3S2/c1-9-3-4-12(22-9)10-7-23-15(17-10)18-14(21)11-8-24-16(2)6-5-13(20)19(11)16/h3-4,7,11H,5-6,8H2,1-2H3,(H,17,18,21)/t11-,16-/m1/s1. The van der Waals surface area contributed by atoms with Crippen molar-refractivity contribution in [3.63, 3.8) is 0 Å². The third-order valence-corrected chi connectivity index (χ3v) is 6.74. The molecule has 2 aromatic rings. The molecule has 2 aliphatic rings. The van der Waals surface area contributed by atoms with Crippen molar-refractivity contribution in [2.75, 3.05) is 11.1 Å². The third-order valence-electron chi connectivity index (χ3n) is 4.47. The van der Waals surface area contributed by atoms with E-state index in [1.165, 1.54) is 11.3 Å². The largest absolute Gasteiger partial charge is 0.460 e. The fourth-order valence-corrected chi connectivity index (χ4v) is 5.35. The average molecular weight is 363 g/mol. The van der Waals surface area contributed by atoms with Crippen molar-refractivity contribution < 1.29 is 14.0 Å². The Labute approximate surface area is 147 Å². The summed E-state index contributed by atoms with van der Waals surface area (Å²) in [5.41, 5.74) is 0.700. The van der Waals surface area contributed by atoms with Crippen LogP contribution in [0.4, 0.5) is 5.13 Å². The van der Waals surface area contributed by atoms with E-state index in [1.54, 1.807) is 16.7 Å². The van der Waals surface area contributed by atoms with Gasteiger partial charge in [0.25, 0.3) is 0 Å². The van der Waals surface area contributed by atoms with Gasteiger partial charge in [0.05, 0.1) is 4.87 Å². The zero-order valence-electron chi connectivity index (χ0n) is 13.4. The maximum atomic E-state index is 12.6. The van der Waals surface area contributed by atoms with Gasteiger partial charge in [-0.15, -0.1) is 23.1 Å². The number of carbonyl (C=O) groups excluding carboxylic acids is 2. The van der Waals surface area contributed by atoms with E-state index < -0.39 is 6.04 Å². The molecule has 0 aliphatic carbocycles. The van der Waals surface area contributed by atoms with Crippen LogP contribution < -0.4 is 5.32 Å². The molecule has 0 radical (unpaired) electrons. The number of nitrogens with one attached hydrogen (secondary N) is 1. The smallest absolute Gasteiger partial charge is 0.249 e. The lowest BCUT2D eigenvalue weighted by Crippen LogP contribution is -2.48. The van der Waals surface area contributed by atoms with Crippen LogP contribution in [-0.4, -0.2) is 38.4 Å². The monoisotopic (exact) mass is 363 g/mol. The Morgan fingerprint density at radius 3 is 3.08 bits per heavy atom. The zero-order valence-corrected chi connectivity index (χ0v) is 15.0. The van der Waals surface area contributed by atoms with Gasteiger partial charge in [-0.1, -0.05) is 0 Å². The van der Waals surface area contributed by atoms with Crippen LogP contribution in [0.15, 0.2) is 21.9 Å². The molecule has 8 heteroatoms. The Kier molecular flexibility index (Phi) is 3.69. The molecule has 4 heterocycles. The van der Waals surface area contributed by atoms with Gasteiger partial charge >= 0.3 is 0 Å². The number of rotatable bonds is 3. The number of thiazole rings is 1. The Hall–Kier alpha value is -1.80. The summed E-state index contributed by atoms with van der Waals surface area (Å²) in [6.45, 7) is 3.91. The molecule has 2 saturated heterocycles. The first kappa shape index (κ1) is 15.7. The summed E-state index contributed by atoms with van der Waals surface area (Å²) < 4.78 is 5.55. The third kappa shape index (κ3) is 2.53. The fraction of sp³-hybridized carbons (Fsp3) is 0.438. The second-order valence-corrected chi connectivity index (χ2v) is 8.56. The molecule has 4 rings (SSSR count). The lowest BCUT2D eigenvalue weighted by atomic mass is 10.2. The number of thioether (sulfide) groups is 1. The fourth-order valence-electron chi connectivity index (χ4n) is 3.22. The van der Waals surface area contributed by atoms with Crippen LogP contribution in [0.3, 0.4) is 0 Å². The number of carbonyl (C=O) groups is 2. The van der Waals surface area contributed by atoms with Crippen molar-refractivity contribution in [3.05, 3.63) is 23.3 Å². The molecule has 0 bridgehead atoms. The first-order chi connectivity index (χ1) is 11.5. The van der Waals surface area contributed by atoms with E-state index in [0.29, 0.717) is 28.8 Å². The maximum Gasteiger partial charge on any atom is 0.249 e. The van der Waals surface area contributed by atoms with E-state index in [0.717, 1.165) is 12.2 Å². The predicted octanol–water partition coefficient (Wildman–Crippen LogP) is 3.10. The lowest BCUT2D eigenvalue weighted by Gasteiger charge is -2.29. The number of furan rings is 1. The summed E-state index contributed by atoms with van der Waals surface area (Å²) in [6.07, 6.45) is 1.33. The van der Waals surface area contributed by atoms with Crippen molar-refractivity contribution in [1.29, 1.82) is 0 Å². The van der Waals surface area contributed by atoms with Gasteiger partial charge in [0, 0.05) is 17.6 Å². The molecule has 2 amide bonds. The number of amides is 2. The Balaban J connectivity index is 1.49. The Morgan fingerprint density at radius 2 is 2.33 bits per heavy atom. The maximum absolute atomic E-state index is 12.6. The first-order valence-electron chi connectivity index (χ1n) is 7.76. The molecule has 2 atom stereocenters. The number of hydrogen-bond acceptors (Lipinski definition) is 6. The molecule has 24 heavy (non-hydrogen) atoms. The number of aromatic nitrogens is 1. The Morgan fingerprint density at radius 1 is 1.50 bits per heavy atom. The van der Waals surface area contributed by atoms with Crippen LogP contribution in [0, 0.1) is 6.92 Å². The van der Waals surface area contributed by atoms with Crippen LogP contribution in [-0.2, 0) is 9.59 Å². The summed E-state index contributed by atoms with van der Waals surface area (Å²) in [5, 5.41) is 5.22. The van der Waals surface area contributed by atoms with Crippen LogP contribution >= 0.6 is 23.1 Å². The van der Waals surface area contributed by atoms with Crippen molar-refractivity contribution in [3.8, 4) is 11.5 Å². The summed E-state index contributed by atoms with van der Waals surface area (Å²) in [5.74, 6) is 2.02. The molecule has 2 aromatic heterocycles. The second-order valence-electron chi connectivity index (χ2n) is 6.20. The van der Waals surface area contributed by atoms with Gasteiger partial charge in [0.2, 0.25) is 11.8 Å². The minimum atomic E-state index is -0.423. The van der Waals surface area contributed by atoms with E-state index in [2.05, 4.69) is 10.3 Å². The van der Waals surface area contributed by atoms with Crippen LogP contribution in [0.1, 0.15) is 25.5 Å². The van der Waals surface area contributed by atoms with Crippen LogP contribution in [0.25, 0.3) is 11.5 Å². The molecule has 0 saturated carbocycles. The molecule has 0 unspecified atom stereocenters. The number of hydrogen-bond donors (Lipinski definition) is 1. The van der Waals surface area contributed by atoms with Gasteiger partial charge in [-0.05, 0) is 32.4 Å². The molecular weight excluding hydrogens is 346 g/mol. The molecule has 1 N–H and O–H groups in total. The van der Waals surface area contributed by atoms with Crippen molar-refractivity contribution >= 4 is 40.0 Å². The molecule has 6 nitrogen and oxygen atoms in total. The molecular formula is C16H17N3O3S2. The molecule has 2 aliphatic heterocycles. The average Bonchev–Trinajstić information content (AvgIpc) is 3.27. The van der Waals surface area contributed by atoms with Crippen LogP contribution in [0.2, 0.25) is 0 Å². The van der Waals surface area contributed by atoms with Gasteiger partial charge in [-0.2, -0.15) is 0 Å². The minimum absolute atomic E-state index is 0.0635. The van der Waals surface area contributed by atoms with Gasteiger partial charge < -0.3 is 14.6 Å². The van der Waals surface area contributed by atoms with Crippen molar-refractivity contribution in [2.45, 2.75) is 37.6 Å². The van der Waals surface area contributed by atoms with Gasteiger partial charge in [-0.25, -0.2) is 4.98 Å². The quantitative estimate of drug-likeness (QED) is 0.907. The van der Waals surface area contributed by atoms with E-state index in [1.807, 2.05) is 31.4 Å². The van der Waals surface area contributed by atoms with Crippen LogP contribution in [0.5, 0.6) is 0 Å². The predicted molar refractivity (Wildman–Crippen MR) is 93.9 cm³/mol. The number of nitrogens with zero attached hydrogens (tertiary/aromatic N) is 2.